The second kappa shape index (κ2) is 9.68. The van der Waals surface area contributed by atoms with Crippen molar-refractivity contribution in [2.24, 2.45) is 0 Å². The van der Waals surface area contributed by atoms with E-state index in [1.165, 1.54) is 0 Å². The number of pyridine rings is 1. The van der Waals surface area contributed by atoms with E-state index in [2.05, 4.69) is 4.98 Å². The first-order chi connectivity index (χ1) is 3.39. The molecule has 0 amide bonds. The van der Waals surface area contributed by atoms with E-state index in [9.17, 15) is 0 Å². The van der Waals surface area contributed by atoms with Crippen LogP contribution in [0.4, 0.5) is 0 Å². The third-order valence-electron chi connectivity index (χ3n) is 0.625. The summed E-state index contributed by atoms with van der Waals surface area (Å²) < 4.78 is 0. The summed E-state index contributed by atoms with van der Waals surface area (Å²) in [5.74, 6) is 0. The smallest absolute Gasteiger partial charge is 1.00 e. The molecule has 0 saturated carbocycles. The number of nitrogens with zero attached hydrogens (tertiary/aromatic N) is 1. The molecular weight excluding hydrogens is 287 g/mol. The number of halogens is 3. The molecule has 0 fully saturated rings. The molecule has 60 valence electrons. The molecule has 0 radical (unpaired) electrons. The van der Waals surface area contributed by atoms with E-state index in [1.807, 2.05) is 0 Å². The standard InChI is InChI=1S/C5H4ClN.2ClH.Pd/c6-5-2-1-3-7-4-5;;;/h1-4H;2*1H;/q;;;+2/p-2. The number of aromatic nitrogens is 1. The van der Waals surface area contributed by atoms with Crippen molar-refractivity contribution in [3.63, 3.8) is 0 Å². The molecule has 0 spiro atoms. The van der Waals surface area contributed by atoms with Gasteiger partial charge in [0.1, 0.15) is 0 Å². The molecule has 0 atom stereocenters. The van der Waals surface area contributed by atoms with Gasteiger partial charge >= 0.3 is 20.4 Å². The van der Waals surface area contributed by atoms with E-state index in [0.717, 1.165) is 0 Å². The molecule has 0 N–H and O–H groups in total. The number of hydrogen-bond acceptors (Lipinski definition) is 1. The molecule has 1 nitrogen and oxygen atoms in total. The van der Waals surface area contributed by atoms with Gasteiger partial charge in [-0.3, -0.25) is 4.98 Å². The molecule has 0 saturated heterocycles. The molecule has 10 heavy (non-hydrogen) atoms. The first-order valence-electron chi connectivity index (χ1n) is 1.95. The van der Waals surface area contributed by atoms with Gasteiger partial charge in [0.2, 0.25) is 0 Å². The van der Waals surface area contributed by atoms with Crippen LogP contribution in [0, 0.1) is 0 Å². The van der Waals surface area contributed by atoms with Gasteiger partial charge in [0.05, 0.1) is 5.02 Å². The molecule has 1 rings (SSSR count). The predicted molar refractivity (Wildman–Crippen MR) is 29.2 cm³/mol. The quantitative estimate of drug-likeness (QED) is 0.441. The van der Waals surface area contributed by atoms with E-state index in [-0.39, 0.29) is 45.2 Å². The van der Waals surface area contributed by atoms with Crippen LogP contribution in [-0.4, -0.2) is 4.98 Å². The third-order valence-corrected chi connectivity index (χ3v) is 0.849. The van der Waals surface area contributed by atoms with E-state index in [0.29, 0.717) is 5.02 Å². The maximum atomic E-state index is 5.48. The Morgan fingerprint density at radius 1 is 1.30 bits per heavy atom. The van der Waals surface area contributed by atoms with Crippen molar-refractivity contribution in [3.05, 3.63) is 29.5 Å². The number of hydrogen-bond donors (Lipinski definition) is 0. The van der Waals surface area contributed by atoms with E-state index in [1.54, 1.807) is 24.5 Å². The maximum absolute atomic E-state index is 5.48. The molecule has 0 bridgehead atoms. The minimum Gasteiger partial charge on any atom is -1.00 e. The molecule has 5 heteroatoms. The molecule has 0 aliphatic heterocycles. The van der Waals surface area contributed by atoms with Crippen LogP contribution in [0.1, 0.15) is 0 Å². The largest absolute Gasteiger partial charge is 2.00 e. The van der Waals surface area contributed by atoms with Gasteiger partial charge in [-0.05, 0) is 12.1 Å². The van der Waals surface area contributed by atoms with Gasteiger partial charge < -0.3 is 24.8 Å². The van der Waals surface area contributed by atoms with Crippen LogP contribution in [0.5, 0.6) is 0 Å². The molecule has 0 aliphatic carbocycles. The zero-order chi connectivity index (χ0) is 5.11. The summed E-state index contributed by atoms with van der Waals surface area (Å²) in [5.41, 5.74) is 0. The topological polar surface area (TPSA) is 12.9 Å². The van der Waals surface area contributed by atoms with Crippen LogP contribution in [0.25, 0.3) is 0 Å². The fourth-order valence-electron chi connectivity index (χ4n) is 0.342. The van der Waals surface area contributed by atoms with Crippen molar-refractivity contribution in [2.45, 2.75) is 0 Å². The van der Waals surface area contributed by atoms with Crippen molar-refractivity contribution in [3.8, 4) is 0 Å². The Labute approximate surface area is 91.0 Å². The summed E-state index contributed by atoms with van der Waals surface area (Å²) in [4.78, 5) is 3.75. The first kappa shape index (κ1) is 17.0. The minimum atomic E-state index is 0. The fourth-order valence-corrected chi connectivity index (χ4v) is 0.471. The van der Waals surface area contributed by atoms with Gasteiger partial charge in [0, 0.05) is 12.4 Å². The number of rotatable bonds is 0. The fraction of sp³-hybridized carbons (Fsp3) is 0. The third kappa shape index (κ3) is 6.80. The monoisotopic (exact) mass is 289 g/mol. The summed E-state index contributed by atoms with van der Waals surface area (Å²) in [7, 11) is 0. The Hall–Kier alpha value is 0.682. The van der Waals surface area contributed by atoms with Crippen LogP contribution in [-0.2, 0) is 20.4 Å². The van der Waals surface area contributed by atoms with Crippen LogP contribution in [0.15, 0.2) is 24.5 Å². The molecule has 1 heterocycles. The van der Waals surface area contributed by atoms with Gasteiger partial charge in [0.25, 0.3) is 0 Å². The van der Waals surface area contributed by atoms with Gasteiger partial charge in [-0.1, -0.05) is 11.6 Å². The molecule has 1 aromatic heterocycles. The van der Waals surface area contributed by atoms with E-state index >= 15 is 0 Å². The van der Waals surface area contributed by atoms with Crippen LogP contribution in [0.2, 0.25) is 5.02 Å². The maximum Gasteiger partial charge on any atom is 2.00 e. The van der Waals surface area contributed by atoms with Gasteiger partial charge in [0.15, 0.2) is 0 Å². The Morgan fingerprint density at radius 3 is 2.10 bits per heavy atom. The Balaban J connectivity index is -0.000000163. The second-order valence-corrected chi connectivity index (χ2v) is 1.61. The molecule has 0 aliphatic rings. The normalized spacial score (nSPS) is 6.10. The van der Waals surface area contributed by atoms with Gasteiger partial charge in [-0.15, -0.1) is 0 Å². The molecule has 1 aromatic rings. The summed E-state index contributed by atoms with van der Waals surface area (Å²) >= 11 is 5.48. The van der Waals surface area contributed by atoms with Crippen molar-refractivity contribution < 1.29 is 45.2 Å². The SMILES string of the molecule is Clc1cccnc1.[Cl-].[Cl-].[Pd+2]. The molecule has 0 aromatic carbocycles. The molecular formula is C5H4Cl3NPd. The minimum absolute atomic E-state index is 0. The van der Waals surface area contributed by atoms with Crippen LogP contribution < -0.4 is 24.8 Å². The van der Waals surface area contributed by atoms with Crippen LogP contribution >= 0.6 is 11.6 Å². The first-order valence-corrected chi connectivity index (χ1v) is 2.33. The van der Waals surface area contributed by atoms with Crippen molar-refractivity contribution >= 4 is 11.6 Å². The summed E-state index contributed by atoms with van der Waals surface area (Å²) in [6.45, 7) is 0. The summed E-state index contributed by atoms with van der Waals surface area (Å²) in [6.07, 6.45) is 3.29. The van der Waals surface area contributed by atoms with Crippen molar-refractivity contribution in [1.82, 2.24) is 4.98 Å². The van der Waals surface area contributed by atoms with Crippen LogP contribution in [0.3, 0.4) is 0 Å². The van der Waals surface area contributed by atoms with Crippen molar-refractivity contribution in [2.75, 3.05) is 0 Å². The Morgan fingerprint density at radius 2 is 1.90 bits per heavy atom. The summed E-state index contributed by atoms with van der Waals surface area (Å²) in [5, 5.41) is 0.683. The average Bonchev–Trinajstić information content (AvgIpc) is 1.69. The summed E-state index contributed by atoms with van der Waals surface area (Å²) in [6, 6.07) is 3.58. The second-order valence-electron chi connectivity index (χ2n) is 1.17. The Kier molecular flexibility index (Phi) is 16.4. The van der Waals surface area contributed by atoms with Gasteiger partial charge in [-0.25, -0.2) is 0 Å². The zero-order valence-corrected chi connectivity index (χ0v) is 8.53. The van der Waals surface area contributed by atoms with E-state index < -0.39 is 0 Å². The average molecular weight is 291 g/mol. The van der Waals surface area contributed by atoms with Gasteiger partial charge in [-0.2, -0.15) is 0 Å². The predicted octanol–water partition coefficient (Wildman–Crippen LogP) is -4.26. The Bertz CT molecular complexity index is 147. The zero-order valence-electron chi connectivity index (χ0n) is 4.71. The molecule has 0 unspecified atom stereocenters. The van der Waals surface area contributed by atoms with E-state index in [4.69, 9.17) is 11.6 Å². The van der Waals surface area contributed by atoms with Crippen molar-refractivity contribution in [1.29, 1.82) is 0 Å².